The van der Waals surface area contributed by atoms with Crippen molar-refractivity contribution in [1.82, 2.24) is 5.32 Å². The molecule has 2 heteroatoms. The predicted molar refractivity (Wildman–Crippen MR) is 58.0 cm³/mol. The Labute approximate surface area is 83.1 Å². The first kappa shape index (κ1) is 12.9. The van der Waals surface area contributed by atoms with Crippen LogP contribution in [0.4, 0.5) is 0 Å². The molecule has 0 aromatic rings. The fourth-order valence-electron chi connectivity index (χ4n) is 1.38. The summed E-state index contributed by atoms with van der Waals surface area (Å²) in [5.41, 5.74) is 0.271. The molecular weight excluding hydrogens is 162 g/mol. The van der Waals surface area contributed by atoms with Crippen molar-refractivity contribution in [2.45, 2.75) is 53.2 Å². The maximum absolute atomic E-state index is 5.62. The van der Waals surface area contributed by atoms with Crippen molar-refractivity contribution in [1.29, 1.82) is 0 Å². The zero-order chi connectivity index (χ0) is 10.5. The summed E-state index contributed by atoms with van der Waals surface area (Å²) in [6.45, 7) is 11.7. The minimum atomic E-state index is 0.271. The molecule has 0 aliphatic carbocycles. The fourth-order valence-corrected chi connectivity index (χ4v) is 1.38. The fraction of sp³-hybridized carbons (Fsp3) is 1.00. The standard InChI is InChI=1S/C11H25NO/c1-9(2)13-8-11(4,5)7-10(3)12-6/h9-10,12H,7-8H2,1-6H3. The molecule has 0 aliphatic heterocycles. The van der Waals surface area contributed by atoms with Crippen molar-refractivity contribution in [3.05, 3.63) is 0 Å². The molecule has 0 bridgehead atoms. The highest BCUT2D eigenvalue weighted by molar-refractivity contribution is 4.74. The second-order valence-corrected chi connectivity index (χ2v) is 4.92. The van der Waals surface area contributed by atoms with Gasteiger partial charge in [-0.25, -0.2) is 0 Å². The molecule has 1 atom stereocenters. The molecule has 0 fully saturated rings. The van der Waals surface area contributed by atoms with Gasteiger partial charge in [0.1, 0.15) is 0 Å². The largest absolute Gasteiger partial charge is 0.378 e. The molecular formula is C11H25NO. The lowest BCUT2D eigenvalue weighted by molar-refractivity contribution is 0.0152. The van der Waals surface area contributed by atoms with Crippen LogP contribution < -0.4 is 5.32 Å². The van der Waals surface area contributed by atoms with Gasteiger partial charge in [-0.1, -0.05) is 13.8 Å². The summed E-state index contributed by atoms with van der Waals surface area (Å²) in [5.74, 6) is 0. The molecule has 0 saturated heterocycles. The average molecular weight is 187 g/mol. The molecule has 2 nitrogen and oxygen atoms in total. The summed E-state index contributed by atoms with van der Waals surface area (Å²) >= 11 is 0. The maximum atomic E-state index is 5.62. The molecule has 1 N–H and O–H groups in total. The lowest BCUT2D eigenvalue weighted by Crippen LogP contribution is -2.31. The normalized spacial score (nSPS) is 15.0. The summed E-state index contributed by atoms with van der Waals surface area (Å²) in [6, 6.07) is 0.561. The summed E-state index contributed by atoms with van der Waals surface area (Å²) in [6.07, 6.45) is 1.49. The molecule has 0 amide bonds. The van der Waals surface area contributed by atoms with Crippen molar-refractivity contribution in [3.63, 3.8) is 0 Å². The van der Waals surface area contributed by atoms with Gasteiger partial charge in [0.25, 0.3) is 0 Å². The van der Waals surface area contributed by atoms with Gasteiger partial charge in [0.15, 0.2) is 0 Å². The summed E-state index contributed by atoms with van der Waals surface area (Å²) in [5, 5.41) is 3.25. The summed E-state index contributed by atoms with van der Waals surface area (Å²) < 4.78 is 5.62. The van der Waals surface area contributed by atoms with E-state index in [1.165, 1.54) is 0 Å². The van der Waals surface area contributed by atoms with Crippen LogP contribution in [0.25, 0.3) is 0 Å². The zero-order valence-electron chi connectivity index (χ0n) is 9.98. The van der Waals surface area contributed by atoms with Crippen molar-refractivity contribution < 1.29 is 4.74 Å². The molecule has 0 aliphatic rings. The predicted octanol–water partition coefficient (Wildman–Crippen LogP) is 2.44. The Morgan fingerprint density at radius 3 is 2.15 bits per heavy atom. The number of hydrogen-bond donors (Lipinski definition) is 1. The number of rotatable bonds is 6. The first-order valence-electron chi connectivity index (χ1n) is 5.16. The van der Waals surface area contributed by atoms with Crippen LogP contribution in [-0.4, -0.2) is 25.8 Å². The lowest BCUT2D eigenvalue weighted by Gasteiger charge is -2.28. The molecule has 1 unspecified atom stereocenters. The van der Waals surface area contributed by atoms with E-state index < -0.39 is 0 Å². The number of ether oxygens (including phenoxy) is 1. The van der Waals surface area contributed by atoms with Crippen molar-refractivity contribution in [2.24, 2.45) is 5.41 Å². The third kappa shape index (κ3) is 7.03. The Bertz CT molecular complexity index is 132. The van der Waals surface area contributed by atoms with Crippen LogP contribution in [0.15, 0.2) is 0 Å². The third-order valence-corrected chi connectivity index (χ3v) is 2.16. The van der Waals surface area contributed by atoms with Crippen LogP contribution in [0.2, 0.25) is 0 Å². The van der Waals surface area contributed by atoms with Crippen LogP contribution in [0.3, 0.4) is 0 Å². The van der Waals surface area contributed by atoms with E-state index in [0.717, 1.165) is 13.0 Å². The Morgan fingerprint density at radius 2 is 1.77 bits per heavy atom. The monoisotopic (exact) mass is 187 g/mol. The van der Waals surface area contributed by atoms with E-state index in [9.17, 15) is 0 Å². The van der Waals surface area contributed by atoms with E-state index in [-0.39, 0.29) is 5.41 Å². The van der Waals surface area contributed by atoms with Gasteiger partial charge >= 0.3 is 0 Å². The van der Waals surface area contributed by atoms with Crippen LogP contribution in [0, 0.1) is 5.41 Å². The lowest BCUT2D eigenvalue weighted by atomic mass is 9.87. The maximum Gasteiger partial charge on any atom is 0.0521 e. The SMILES string of the molecule is CNC(C)CC(C)(C)COC(C)C. The van der Waals surface area contributed by atoms with Crippen molar-refractivity contribution >= 4 is 0 Å². The first-order chi connectivity index (χ1) is 5.87. The van der Waals surface area contributed by atoms with E-state index in [2.05, 4.69) is 39.9 Å². The Morgan fingerprint density at radius 1 is 1.23 bits per heavy atom. The summed E-state index contributed by atoms with van der Waals surface area (Å²) in [7, 11) is 2.00. The van der Waals surface area contributed by atoms with Crippen LogP contribution in [-0.2, 0) is 4.74 Å². The smallest absolute Gasteiger partial charge is 0.0521 e. The Hall–Kier alpha value is -0.0800. The molecule has 0 aromatic heterocycles. The third-order valence-electron chi connectivity index (χ3n) is 2.16. The highest BCUT2D eigenvalue weighted by Crippen LogP contribution is 2.23. The van der Waals surface area contributed by atoms with Gasteiger partial charge in [0, 0.05) is 6.04 Å². The van der Waals surface area contributed by atoms with E-state index in [4.69, 9.17) is 4.74 Å². The van der Waals surface area contributed by atoms with Gasteiger partial charge in [-0.3, -0.25) is 0 Å². The van der Waals surface area contributed by atoms with Gasteiger partial charge < -0.3 is 10.1 Å². The molecule has 0 radical (unpaired) electrons. The van der Waals surface area contributed by atoms with E-state index in [1.54, 1.807) is 0 Å². The van der Waals surface area contributed by atoms with Gasteiger partial charge in [-0.05, 0) is 39.7 Å². The van der Waals surface area contributed by atoms with Crippen LogP contribution in [0.1, 0.15) is 41.0 Å². The second kappa shape index (κ2) is 5.61. The van der Waals surface area contributed by atoms with Crippen LogP contribution >= 0.6 is 0 Å². The highest BCUT2D eigenvalue weighted by atomic mass is 16.5. The average Bonchev–Trinajstić information content (AvgIpc) is 2.00. The highest BCUT2D eigenvalue weighted by Gasteiger charge is 2.21. The zero-order valence-corrected chi connectivity index (χ0v) is 9.98. The molecule has 0 aromatic carbocycles. The Kier molecular flexibility index (Phi) is 5.57. The topological polar surface area (TPSA) is 21.3 Å². The molecule has 80 valence electrons. The van der Waals surface area contributed by atoms with Gasteiger partial charge in [0.2, 0.25) is 0 Å². The molecule has 0 saturated carbocycles. The van der Waals surface area contributed by atoms with E-state index >= 15 is 0 Å². The van der Waals surface area contributed by atoms with Crippen LogP contribution in [0.5, 0.6) is 0 Å². The molecule has 0 rings (SSSR count). The summed E-state index contributed by atoms with van der Waals surface area (Å²) in [4.78, 5) is 0. The minimum absolute atomic E-state index is 0.271. The minimum Gasteiger partial charge on any atom is -0.378 e. The molecule has 13 heavy (non-hydrogen) atoms. The quantitative estimate of drug-likeness (QED) is 0.689. The van der Waals surface area contributed by atoms with Crippen molar-refractivity contribution in [2.75, 3.05) is 13.7 Å². The Balaban J connectivity index is 3.79. The number of nitrogens with one attached hydrogen (secondary N) is 1. The second-order valence-electron chi connectivity index (χ2n) is 4.92. The molecule has 0 heterocycles. The van der Waals surface area contributed by atoms with Gasteiger partial charge in [0.05, 0.1) is 12.7 Å². The number of hydrogen-bond acceptors (Lipinski definition) is 2. The van der Waals surface area contributed by atoms with E-state index in [0.29, 0.717) is 12.1 Å². The van der Waals surface area contributed by atoms with Crippen molar-refractivity contribution in [3.8, 4) is 0 Å². The first-order valence-corrected chi connectivity index (χ1v) is 5.16. The van der Waals surface area contributed by atoms with Gasteiger partial charge in [-0.2, -0.15) is 0 Å². The van der Waals surface area contributed by atoms with Gasteiger partial charge in [-0.15, -0.1) is 0 Å². The van der Waals surface area contributed by atoms with E-state index in [1.807, 2.05) is 7.05 Å². The molecule has 0 spiro atoms.